The first-order chi connectivity index (χ1) is 15.2. The quantitative estimate of drug-likeness (QED) is 0.554. The molecule has 33 heavy (non-hydrogen) atoms. The van der Waals surface area contributed by atoms with Crippen molar-refractivity contribution in [1.82, 2.24) is 14.7 Å². The highest BCUT2D eigenvalue weighted by molar-refractivity contribution is 5.94. The van der Waals surface area contributed by atoms with E-state index in [1.54, 1.807) is 9.58 Å². The lowest BCUT2D eigenvalue weighted by Gasteiger charge is -2.26. The molecule has 182 valence electrons. The molecule has 0 aliphatic heterocycles. The van der Waals surface area contributed by atoms with Gasteiger partial charge in [0.1, 0.15) is 5.82 Å². The minimum atomic E-state index is -0.219. The highest BCUT2D eigenvalue weighted by atomic mass is 16.2. The van der Waals surface area contributed by atoms with Crippen molar-refractivity contribution in [3.63, 3.8) is 0 Å². The number of anilines is 1. The van der Waals surface area contributed by atoms with Crippen molar-refractivity contribution in [2.45, 2.75) is 80.6 Å². The summed E-state index contributed by atoms with van der Waals surface area (Å²) in [5.41, 5.74) is 2.88. The van der Waals surface area contributed by atoms with E-state index in [-0.39, 0.29) is 35.1 Å². The van der Waals surface area contributed by atoms with E-state index in [1.165, 1.54) is 0 Å². The molecule has 6 heteroatoms. The topological polar surface area (TPSA) is 67.2 Å². The van der Waals surface area contributed by atoms with Crippen molar-refractivity contribution < 1.29 is 9.59 Å². The maximum absolute atomic E-state index is 13.0. The molecule has 0 saturated heterocycles. The zero-order chi connectivity index (χ0) is 25.0. The van der Waals surface area contributed by atoms with Crippen LogP contribution < -0.4 is 5.32 Å². The molecular formula is C27H42N4O2. The fraction of sp³-hybridized carbons (Fsp3) is 0.593. The fourth-order valence-corrected chi connectivity index (χ4v) is 4.10. The van der Waals surface area contributed by atoms with Crippen LogP contribution in [-0.4, -0.2) is 39.6 Å². The largest absolute Gasteiger partial charge is 0.334 e. The van der Waals surface area contributed by atoms with Gasteiger partial charge in [-0.15, -0.1) is 0 Å². The summed E-state index contributed by atoms with van der Waals surface area (Å²) in [5.74, 6) is 0.686. The second-order valence-corrected chi connectivity index (χ2v) is 11.4. The molecule has 0 bridgehead atoms. The number of nitrogens with zero attached hydrogens (tertiary/aromatic N) is 3. The standard InChI is InChI=1S/C27H42N4O2/c1-10-30(25(33)15-19(2)17-26(4,5)6)18-24(32)28-23-16-22(27(7,8)9)29-31(23)21-14-12-11-13-20(21)3/h11-14,16,19H,10,15,17-18H2,1-9H3,(H,28,32). The minimum Gasteiger partial charge on any atom is -0.334 e. The molecular weight excluding hydrogens is 412 g/mol. The van der Waals surface area contributed by atoms with Crippen molar-refractivity contribution >= 4 is 17.6 Å². The molecule has 1 aromatic heterocycles. The van der Waals surface area contributed by atoms with E-state index in [9.17, 15) is 9.59 Å². The average molecular weight is 455 g/mol. The third-order valence-electron chi connectivity index (χ3n) is 5.64. The highest BCUT2D eigenvalue weighted by Gasteiger charge is 2.24. The number of aryl methyl sites for hydroxylation is 1. The molecule has 1 unspecified atom stereocenters. The SMILES string of the molecule is CCN(CC(=O)Nc1cc(C(C)(C)C)nn1-c1ccccc1C)C(=O)CC(C)CC(C)(C)C. The Hall–Kier alpha value is -2.63. The molecule has 2 amide bonds. The molecule has 6 nitrogen and oxygen atoms in total. The second-order valence-electron chi connectivity index (χ2n) is 11.4. The van der Waals surface area contributed by atoms with E-state index < -0.39 is 0 Å². The summed E-state index contributed by atoms with van der Waals surface area (Å²) in [5, 5.41) is 7.80. The van der Waals surface area contributed by atoms with Gasteiger partial charge in [0.15, 0.2) is 0 Å². The first-order valence-corrected chi connectivity index (χ1v) is 12.0. The van der Waals surface area contributed by atoms with Gasteiger partial charge in [-0.3, -0.25) is 9.59 Å². The molecule has 0 fully saturated rings. The maximum Gasteiger partial charge on any atom is 0.245 e. The Morgan fingerprint density at radius 2 is 1.76 bits per heavy atom. The van der Waals surface area contributed by atoms with E-state index in [0.29, 0.717) is 18.8 Å². The Morgan fingerprint density at radius 1 is 1.12 bits per heavy atom. The van der Waals surface area contributed by atoms with Gasteiger partial charge in [0.25, 0.3) is 0 Å². The Balaban J connectivity index is 2.19. The Kier molecular flexibility index (Phi) is 8.50. The van der Waals surface area contributed by atoms with Crippen LogP contribution in [0.3, 0.4) is 0 Å². The summed E-state index contributed by atoms with van der Waals surface area (Å²) in [6, 6.07) is 9.88. The van der Waals surface area contributed by atoms with Gasteiger partial charge in [-0.05, 0) is 43.2 Å². The van der Waals surface area contributed by atoms with Crippen molar-refractivity contribution in [3.05, 3.63) is 41.6 Å². The first kappa shape index (κ1) is 26.6. The number of aromatic nitrogens is 2. The molecule has 0 saturated carbocycles. The van der Waals surface area contributed by atoms with Crippen LogP contribution in [0.4, 0.5) is 5.82 Å². The van der Waals surface area contributed by atoms with Gasteiger partial charge >= 0.3 is 0 Å². The van der Waals surface area contributed by atoms with Gasteiger partial charge in [0.2, 0.25) is 11.8 Å². The van der Waals surface area contributed by atoms with Gasteiger partial charge in [-0.25, -0.2) is 4.68 Å². The number of benzene rings is 1. The van der Waals surface area contributed by atoms with Crippen molar-refractivity contribution in [3.8, 4) is 5.69 Å². The van der Waals surface area contributed by atoms with Gasteiger partial charge in [-0.1, -0.05) is 66.7 Å². The number of carbonyl (C=O) groups is 2. The normalized spacial score (nSPS) is 13.0. The summed E-state index contributed by atoms with van der Waals surface area (Å²) >= 11 is 0. The molecule has 2 rings (SSSR count). The smallest absolute Gasteiger partial charge is 0.245 e. The van der Waals surface area contributed by atoms with Crippen LogP contribution in [-0.2, 0) is 15.0 Å². The number of hydrogen-bond acceptors (Lipinski definition) is 3. The third kappa shape index (κ3) is 7.72. The maximum atomic E-state index is 13.0. The van der Waals surface area contributed by atoms with E-state index in [0.717, 1.165) is 23.4 Å². The average Bonchev–Trinajstić information content (AvgIpc) is 3.08. The Labute approximate surface area is 199 Å². The second kappa shape index (κ2) is 10.5. The lowest BCUT2D eigenvalue weighted by Crippen LogP contribution is -2.38. The van der Waals surface area contributed by atoms with Crippen molar-refractivity contribution in [1.29, 1.82) is 0 Å². The van der Waals surface area contributed by atoms with Crippen LogP contribution in [0, 0.1) is 18.3 Å². The van der Waals surface area contributed by atoms with Crippen LogP contribution in [0.25, 0.3) is 5.69 Å². The summed E-state index contributed by atoms with van der Waals surface area (Å²) in [4.78, 5) is 27.5. The van der Waals surface area contributed by atoms with Crippen LogP contribution in [0.1, 0.15) is 79.5 Å². The van der Waals surface area contributed by atoms with E-state index in [4.69, 9.17) is 5.10 Å². The summed E-state index contributed by atoms with van der Waals surface area (Å²) in [6.07, 6.45) is 1.42. The summed E-state index contributed by atoms with van der Waals surface area (Å²) in [6.45, 7) is 19.4. The number of rotatable bonds is 8. The summed E-state index contributed by atoms with van der Waals surface area (Å²) < 4.78 is 1.79. The highest BCUT2D eigenvalue weighted by Crippen LogP contribution is 2.28. The zero-order valence-electron chi connectivity index (χ0n) is 22.0. The minimum absolute atomic E-state index is 0.0205. The molecule has 1 atom stereocenters. The fourth-order valence-electron chi connectivity index (χ4n) is 4.10. The van der Waals surface area contributed by atoms with Crippen LogP contribution in [0.15, 0.2) is 30.3 Å². The lowest BCUT2D eigenvalue weighted by atomic mass is 9.84. The third-order valence-corrected chi connectivity index (χ3v) is 5.64. The number of para-hydroxylation sites is 1. The van der Waals surface area contributed by atoms with E-state index in [1.807, 2.05) is 44.2 Å². The number of hydrogen-bond donors (Lipinski definition) is 1. The zero-order valence-corrected chi connectivity index (χ0v) is 22.0. The predicted octanol–water partition coefficient (Wildman–Crippen LogP) is 5.73. The monoisotopic (exact) mass is 454 g/mol. The van der Waals surface area contributed by atoms with Gasteiger partial charge < -0.3 is 10.2 Å². The van der Waals surface area contributed by atoms with Gasteiger partial charge in [0, 0.05) is 24.4 Å². The number of carbonyl (C=O) groups excluding carboxylic acids is 2. The summed E-state index contributed by atoms with van der Waals surface area (Å²) in [7, 11) is 0. The lowest BCUT2D eigenvalue weighted by molar-refractivity contribution is -0.135. The number of nitrogens with one attached hydrogen (secondary N) is 1. The van der Waals surface area contributed by atoms with Crippen LogP contribution >= 0.6 is 0 Å². The molecule has 0 spiro atoms. The van der Waals surface area contributed by atoms with Crippen molar-refractivity contribution in [2.75, 3.05) is 18.4 Å². The number of amides is 2. The molecule has 0 radical (unpaired) electrons. The molecule has 1 N–H and O–H groups in total. The van der Waals surface area contributed by atoms with E-state index >= 15 is 0 Å². The Bertz CT molecular complexity index is 963. The van der Waals surface area contributed by atoms with Crippen LogP contribution in [0.2, 0.25) is 0 Å². The first-order valence-electron chi connectivity index (χ1n) is 12.0. The van der Waals surface area contributed by atoms with E-state index in [2.05, 4.69) is 53.8 Å². The van der Waals surface area contributed by atoms with Crippen molar-refractivity contribution in [2.24, 2.45) is 11.3 Å². The van der Waals surface area contributed by atoms with Crippen LogP contribution in [0.5, 0.6) is 0 Å². The molecule has 1 heterocycles. The molecule has 1 aromatic carbocycles. The molecule has 0 aliphatic rings. The Morgan fingerprint density at radius 3 is 2.30 bits per heavy atom. The predicted molar refractivity (Wildman–Crippen MR) is 136 cm³/mol. The van der Waals surface area contributed by atoms with Gasteiger partial charge in [0.05, 0.1) is 17.9 Å². The molecule has 0 aliphatic carbocycles. The van der Waals surface area contributed by atoms with Gasteiger partial charge in [-0.2, -0.15) is 5.10 Å². The molecule has 2 aromatic rings. The number of likely N-dealkylation sites (N-methyl/N-ethyl adjacent to an activating group) is 1.